The van der Waals surface area contributed by atoms with Crippen LogP contribution in [0.1, 0.15) is 119 Å². The number of benzene rings is 8. The summed E-state index contributed by atoms with van der Waals surface area (Å²) < 4.78 is 142. The average Bonchev–Trinajstić information content (AvgIpc) is 0.705. The third-order valence-electron chi connectivity index (χ3n) is 21.1. The molecular weight excluding hydrogens is 1490 g/mol. The second kappa shape index (κ2) is 29.4. The van der Waals surface area contributed by atoms with Crippen LogP contribution in [0.3, 0.4) is 0 Å². The lowest BCUT2D eigenvalue weighted by Gasteiger charge is -2.39. The van der Waals surface area contributed by atoms with Gasteiger partial charge < -0.3 is 39.1 Å². The van der Waals surface area contributed by atoms with E-state index in [2.05, 4.69) is 95.3 Å². The van der Waals surface area contributed by atoms with Gasteiger partial charge in [0.05, 0.1) is 49.8 Å². The number of nitrogens with zero attached hydrogens (tertiary/aromatic N) is 4. The number of nitrogens with one attached hydrogen (secondary N) is 1. The molecule has 27 heteroatoms. The van der Waals surface area contributed by atoms with Crippen molar-refractivity contribution in [2.24, 2.45) is 4.99 Å². The van der Waals surface area contributed by atoms with E-state index in [-0.39, 0.29) is 32.7 Å². The lowest BCUT2D eigenvalue weighted by atomic mass is 9.82. The van der Waals surface area contributed by atoms with Crippen LogP contribution >= 0.6 is 22.9 Å². The Kier molecular flexibility index (Phi) is 20.5. The molecule has 108 heavy (non-hydrogen) atoms. The van der Waals surface area contributed by atoms with Crippen LogP contribution in [0.2, 0.25) is 0 Å². The highest BCUT2D eigenvalue weighted by atomic mass is 35.7. The van der Waals surface area contributed by atoms with Crippen molar-refractivity contribution in [1.82, 2.24) is 4.58 Å². The van der Waals surface area contributed by atoms with Crippen molar-refractivity contribution in [1.29, 1.82) is 0 Å². The van der Waals surface area contributed by atoms with E-state index in [9.17, 15) is 57.8 Å². The molecule has 0 fully saturated rings. The molecule has 1 aliphatic carbocycles. The van der Waals surface area contributed by atoms with Gasteiger partial charge in [0, 0.05) is 157 Å². The minimum atomic E-state index is -4.83. The molecule has 16 rings (SSSR count). The Morgan fingerprint density at radius 2 is 1.30 bits per heavy atom. The number of phenols is 1. The summed E-state index contributed by atoms with van der Waals surface area (Å²) >= 11 is 4.61. The number of anilines is 2. The molecule has 0 bridgehead atoms. The predicted octanol–water partition coefficient (Wildman–Crippen LogP) is 10.0. The number of isothiocyanates is 1. The largest absolute Gasteiger partial charge is 0.508 e. The van der Waals surface area contributed by atoms with Gasteiger partial charge in [0.25, 0.3) is 29.3 Å². The Hall–Kier alpha value is -9.57. The molecule has 7 heterocycles. The summed E-state index contributed by atoms with van der Waals surface area (Å²) in [5, 5.41) is 25.4. The molecule has 558 valence electrons. The Bertz CT molecular complexity index is 6100. The summed E-state index contributed by atoms with van der Waals surface area (Å²) in [4.78, 5) is 20.3. The van der Waals surface area contributed by atoms with E-state index >= 15 is 0 Å². The Labute approximate surface area is 636 Å². The maximum absolute atomic E-state index is 12.9. The summed E-state index contributed by atoms with van der Waals surface area (Å²) in [5.41, 5.74) is 13.3. The number of ether oxygens (including phenoxy) is 3. The number of allylic oxidation sites excluding steroid dienone is 1. The number of fused-ring (bicyclic) bond motifs is 8. The second-order valence-corrected chi connectivity index (χ2v) is 35.1. The lowest BCUT2D eigenvalue weighted by molar-refractivity contribution is -0.908. The third-order valence-corrected chi connectivity index (χ3v) is 25.5. The molecule has 0 aromatic heterocycles. The molecule has 7 aliphatic heterocycles. The monoisotopic (exact) mass is 1570 g/mol. The summed E-state index contributed by atoms with van der Waals surface area (Å²) in [6, 6.07) is 32.6. The van der Waals surface area contributed by atoms with Gasteiger partial charge in [-0.2, -0.15) is 21.8 Å². The molecule has 21 nitrogen and oxygen atoms in total. The number of phenolic OH excluding ortho intramolecular Hbond substituents is 1. The van der Waals surface area contributed by atoms with Crippen molar-refractivity contribution in [3.63, 3.8) is 0 Å². The maximum atomic E-state index is 12.9. The highest BCUT2D eigenvalue weighted by Gasteiger charge is 2.39. The van der Waals surface area contributed by atoms with Crippen LogP contribution in [0.5, 0.6) is 34.5 Å². The molecule has 1 unspecified atom stereocenters. The molecule has 8 aromatic rings. The summed E-state index contributed by atoms with van der Waals surface area (Å²) in [6.07, 6.45) is 14.7. The molecule has 8 aliphatic rings. The topological polar surface area (TPSA) is 289 Å². The number of carboxylic acid groups (broad SMARTS) is 1. The Morgan fingerprint density at radius 1 is 0.657 bits per heavy atom. The van der Waals surface area contributed by atoms with Crippen LogP contribution in [0, 0.1) is 0 Å². The zero-order valence-corrected chi connectivity index (χ0v) is 64.6. The van der Waals surface area contributed by atoms with E-state index in [1.54, 1.807) is 24.3 Å². The summed E-state index contributed by atoms with van der Waals surface area (Å²) in [6.45, 7) is 19.8. The van der Waals surface area contributed by atoms with Crippen LogP contribution < -0.4 is 54.5 Å². The number of rotatable bonds is 15. The number of hydrogen-bond donors (Lipinski definition) is 5. The Morgan fingerprint density at radius 3 is 1.98 bits per heavy atom. The van der Waals surface area contributed by atoms with Gasteiger partial charge in [-0.1, -0.05) is 36.9 Å². The van der Waals surface area contributed by atoms with Crippen LogP contribution in [0.4, 0.5) is 17.1 Å². The second-order valence-electron chi connectivity index (χ2n) is 27.6. The van der Waals surface area contributed by atoms with E-state index in [0.29, 0.717) is 67.7 Å². The highest BCUT2D eigenvalue weighted by molar-refractivity contribution is 8.13. The van der Waals surface area contributed by atoms with Gasteiger partial charge in [0.15, 0.2) is 9.84 Å². The predicted molar refractivity (Wildman–Crippen MR) is 418 cm³/mol. The van der Waals surface area contributed by atoms with Crippen LogP contribution in [0.15, 0.2) is 175 Å². The molecule has 8 aromatic carbocycles. The summed E-state index contributed by atoms with van der Waals surface area (Å²) in [5.74, 6) is 2.64. The fourth-order valence-electron chi connectivity index (χ4n) is 16.3. The van der Waals surface area contributed by atoms with E-state index in [1.165, 1.54) is 69.5 Å². The van der Waals surface area contributed by atoms with Crippen LogP contribution in [-0.4, -0.2) is 129 Å². The quantitative estimate of drug-likeness (QED) is 0.0210. The van der Waals surface area contributed by atoms with Crippen LogP contribution in [-0.2, 0) is 64.8 Å². The molecule has 0 radical (unpaired) electrons. The minimum Gasteiger partial charge on any atom is -0.508 e. The van der Waals surface area contributed by atoms with Gasteiger partial charge >= 0.3 is 5.97 Å². The van der Waals surface area contributed by atoms with Crippen molar-refractivity contribution in [2.75, 3.05) is 68.4 Å². The smallest absolute Gasteiger partial charge is 0.336 e. The highest BCUT2D eigenvalue weighted by Crippen LogP contribution is 2.51. The van der Waals surface area contributed by atoms with E-state index in [0.717, 1.165) is 177 Å². The number of thiocarbonyl (C=S) groups is 1. The number of likely N-dealkylation sites (N-methyl/N-ethyl adjacent to an activating group) is 1. The Balaban J connectivity index is 0.000000138. The molecule has 0 amide bonds. The molecular formula is C81H78ClN5O16S5+2. The van der Waals surface area contributed by atoms with Gasteiger partial charge in [-0.05, 0) is 186 Å². The number of aliphatic imine (C=N–C) groups is 1. The van der Waals surface area contributed by atoms with Crippen molar-refractivity contribution >= 4 is 114 Å². The SMILES string of the molecule is C=c1ccc2c(c1)Oc1cc(O)ccc1C=2c1ccc(N=C=S)cc1C(=O)O.CCN(CC)c1ccc2c(c1)OC1=CC([NH+](CC)CC)C=CC1=C2c1ccc(S(=O)(=O)O)cc1S(C)(=O)=O.O=S(=O)(O)c1cc(S(=O)(=O)Cl)ccc1C1=c2cc3c4c(c2Oc2c1cc1c5c2CCCN5CCC1)CCC[N+]=4CCC3. The van der Waals surface area contributed by atoms with Crippen molar-refractivity contribution in [2.45, 2.75) is 105 Å². The number of quaternary nitrogens is 1. The standard InChI is InChI=1S/C31H29ClN2O6S2.C28H34N2O6S2.C22H13NO4S/c32-41(35,36)20-9-10-21(26(17-20)42(37,38)39)27-24-15-18-5-1-11-33-13-3-7-22(28(18)33)30(24)40-31-23-8-4-14-34-12-2-6-19(29(23)34)16-25(27)31;1-6-29(7-2)19-10-13-22-25(16-19)36-26-17-20(30(8-3)9-4)11-14-23(26)28(22)24-15-12-21(38(33,34)35)18-27(24)37(5,31)32;1-12-2-5-16-19(8-12)27-20-10-14(24)4-7-17(20)21(16)15-6-3-13(23-11-28)9-18(15)22(25)26/h9-10,15-17H,1-8,11-14H2;10-19H,6-9H2,1-5H3,(H,33,34,35);2-10,24H,1H2,(H,25,26)/p+2. The minimum absolute atomic E-state index is 0.0523. The first-order chi connectivity index (χ1) is 51.5. The average molecular weight is 1570 g/mol. The fraction of sp³-hybridized carbons (Fsp3) is 0.272. The molecule has 1 atom stereocenters. The number of carboxylic acids is 1. The number of sulfone groups is 1. The molecule has 0 saturated carbocycles. The number of aromatic carboxylic acids is 1. The first-order valence-corrected chi connectivity index (χ1v) is 43.2. The molecule has 5 N–H and O–H groups in total. The van der Waals surface area contributed by atoms with Gasteiger partial charge in [-0.15, -0.1) is 0 Å². The van der Waals surface area contributed by atoms with Gasteiger partial charge in [-0.3, -0.25) is 9.11 Å². The number of carbonyl (C=O) groups is 1. The van der Waals surface area contributed by atoms with Crippen molar-refractivity contribution in [3.05, 3.63) is 233 Å². The zero-order chi connectivity index (χ0) is 76.6. The number of aryl methyl sites for hydroxylation is 2. The summed E-state index contributed by atoms with van der Waals surface area (Å²) in [7, 11) is -11.9. The van der Waals surface area contributed by atoms with Gasteiger partial charge in [0.1, 0.15) is 64.3 Å². The first-order valence-electron chi connectivity index (χ1n) is 35.7. The third kappa shape index (κ3) is 14.2. The normalized spacial score (nSPS) is 16.4. The van der Waals surface area contributed by atoms with Gasteiger partial charge in [-0.25, -0.2) is 26.2 Å². The van der Waals surface area contributed by atoms with Crippen molar-refractivity contribution < 1.29 is 76.9 Å². The van der Waals surface area contributed by atoms with E-state index in [1.807, 2.05) is 36.4 Å². The molecule has 0 spiro atoms. The first kappa shape index (κ1) is 75.3. The maximum Gasteiger partial charge on any atom is 0.336 e. The van der Waals surface area contributed by atoms with E-state index < -0.39 is 54.9 Å². The van der Waals surface area contributed by atoms with Crippen molar-refractivity contribution in [3.8, 4) is 34.5 Å². The molecule has 0 saturated heterocycles. The fourth-order valence-corrected chi connectivity index (χ4v) is 19.5. The number of aromatic hydroxyl groups is 1. The van der Waals surface area contributed by atoms with E-state index in [4.69, 9.17) is 24.9 Å². The zero-order valence-electron chi connectivity index (χ0n) is 59.8. The number of halogens is 1. The number of hydrogen-bond acceptors (Lipinski definition) is 17. The van der Waals surface area contributed by atoms with Crippen LogP contribution in [0.25, 0.3) is 23.3 Å². The van der Waals surface area contributed by atoms with Gasteiger partial charge in [0.2, 0.25) is 5.36 Å². The lowest BCUT2D eigenvalue weighted by Crippen LogP contribution is -3.14.